The van der Waals surface area contributed by atoms with Crippen LogP contribution in [0.2, 0.25) is 12.6 Å². The second kappa shape index (κ2) is 8.16. The lowest BCUT2D eigenvalue weighted by molar-refractivity contribution is 0.623. The van der Waals surface area contributed by atoms with Crippen molar-refractivity contribution in [3.05, 3.63) is 0 Å². The zero-order chi connectivity index (χ0) is 8.53. The fourth-order valence-electron chi connectivity index (χ4n) is 1.13. The van der Waals surface area contributed by atoms with Gasteiger partial charge in [0.25, 0.3) is 0 Å². The molecule has 0 saturated heterocycles. The van der Waals surface area contributed by atoms with Gasteiger partial charge in [-0.15, -0.1) is 0 Å². The fraction of sp³-hybridized carbons (Fsp3) is 1.00. The first kappa shape index (κ1) is 11.1. The summed E-state index contributed by atoms with van der Waals surface area (Å²) in [6.07, 6.45) is 8.17. The summed E-state index contributed by atoms with van der Waals surface area (Å²) >= 11 is 0. The van der Waals surface area contributed by atoms with Crippen molar-refractivity contribution in [1.29, 1.82) is 0 Å². The molecule has 0 aromatic heterocycles. The predicted octanol–water partition coefficient (Wildman–Crippen LogP) is 3.76. The van der Waals surface area contributed by atoms with E-state index < -0.39 is 0 Å². The lowest BCUT2D eigenvalue weighted by Crippen LogP contribution is -1.93. The Balaban J connectivity index is 2.80. The number of hydrogen-bond donors (Lipinski definition) is 0. The van der Waals surface area contributed by atoms with Crippen molar-refractivity contribution in [2.24, 2.45) is 5.92 Å². The lowest BCUT2D eigenvalue weighted by atomic mass is 9.67. The second-order valence-corrected chi connectivity index (χ2v) is 3.76. The Hall–Kier alpha value is 0.0649. The molecule has 0 aliphatic heterocycles. The number of hydrogen-bond acceptors (Lipinski definition) is 0. The molecule has 0 aliphatic rings. The van der Waals surface area contributed by atoms with E-state index in [1.54, 1.807) is 0 Å². The molecule has 0 rings (SSSR count). The molecule has 1 heteroatoms. The van der Waals surface area contributed by atoms with Crippen LogP contribution in [0.4, 0.5) is 0 Å². The summed E-state index contributed by atoms with van der Waals surface area (Å²) in [4.78, 5) is 0. The van der Waals surface area contributed by atoms with Gasteiger partial charge in [-0.2, -0.15) is 0 Å². The molecule has 0 unspecified atom stereocenters. The van der Waals surface area contributed by atoms with Gasteiger partial charge in [0.1, 0.15) is 7.28 Å². The largest absolute Gasteiger partial charge is 0.109 e. The molecule has 0 atom stereocenters. The molecule has 0 fully saturated rings. The minimum absolute atomic E-state index is 0.873. The van der Waals surface area contributed by atoms with Crippen molar-refractivity contribution in [1.82, 2.24) is 0 Å². The molecule has 0 amide bonds. The van der Waals surface area contributed by atoms with Crippen LogP contribution in [0.25, 0.3) is 0 Å². The molecule has 0 saturated carbocycles. The highest BCUT2D eigenvalue weighted by Crippen LogP contribution is 2.06. The Kier molecular flexibility index (Phi) is 8.21. The third kappa shape index (κ3) is 10.1. The Labute approximate surface area is 73.0 Å². The Bertz CT molecular complexity index is 69.3. The smallest absolute Gasteiger partial charge is 0.0803 e. The summed E-state index contributed by atoms with van der Waals surface area (Å²) in [6.45, 7) is 6.84. The van der Waals surface area contributed by atoms with Gasteiger partial charge < -0.3 is 0 Å². The minimum Gasteiger partial charge on any atom is -0.0803 e. The van der Waals surface area contributed by atoms with Gasteiger partial charge in [0, 0.05) is 0 Å². The van der Waals surface area contributed by atoms with Crippen molar-refractivity contribution in [2.45, 2.75) is 59.1 Å². The van der Waals surface area contributed by atoms with Crippen molar-refractivity contribution in [2.75, 3.05) is 0 Å². The van der Waals surface area contributed by atoms with E-state index in [0.29, 0.717) is 0 Å². The van der Waals surface area contributed by atoms with Crippen LogP contribution in [-0.2, 0) is 0 Å². The molecular weight excluding hydrogens is 131 g/mol. The average molecular weight is 153 g/mol. The first-order chi connectivity index (χ1) is 5.27. The molecule has 0 aromatic rings. The van der Waals surface area contributed by atoms with Crippen molar-refractivity contribution < 1.29 is 0 Å². The SMILES string of the molecule is CCCCC[B]CCC(C)C. The van der Waals surface area contributed by atoms with Gasteiger partial charge in [0.05, 0.1) is 0 Å². The molecule has 65 valence electrons. The van der Waals surface area contributed by atoms with E-state index in [9.17, 15) is 0 Å². The summed E-state index contributed by atoms with van der Waals surface area (Å²) in [5, 5.41) is 0. The maximum absolute atomic E-state index is 2.45. The average Bonchev–Trinajstić information content (AvgIpc) is 1.96. The molecule has 0 nitrogen and oxygen atoms in total. The van der Waals surface area contributed by atoms with Crippen molar-refractivity contribution in [3.8, 4) is 0 Å². The molecule has 0 bridgehead atoms. The van der Waals surface area contributed by atoms with Gasteiger partial charge in [-0.25, -0.2) is 0 Å². The number of unbranched alkanes of at least 4 members (excludes halogenated alkanes) is 2. The van der Waals surface area contributed by atoms with E-state index in [2.05, 4.69) is 28.1 Å². The summed E-state index contributed by atoms with van der Waals surface area (Å²) in [7, 11) is 2.45. The monoisotopic (exact) mass is 153 g/mol. The maximum Gasteiger partial charge on any atom is 0.109 e. The van der Waals surface area contributed by atoms with Crippen molar-refractivity contribution in [3.63, 3.8) is 0 Å². The highest BCUT2D eigenvalue weighted by Gasteiger charge is 1.94. The van der Waals surface area contributed by atoms with Crippen molar-refractivity contribution >= 4 is 7.28 Å². The molecular formula is C10H22B. The Morgan fingerprint density at radius 1 is 1.09 bits per heavy atom. The predicted molar refractivity (Wildman–Crippen MR) is 54.3 cm³/mol. The van der Waals surface area contributed by atoms with Crippen LogP contribution < -0.4 is 0 Å². The third-order valence-electron chi connectivity index (χ3n) is 1.96. The van der Waals surface area contributed by atoms with E-state index in [0.717, 1.165) is 5.92 Å². The lowest BCUT2D eigenvalue weighted by Gasteiger charge is -2.02. The standard InChI is InChI=1S/C10H22B/c1-4-5-6-8-11-9-7-10(2)3/h10H,4-9H2,1-3H3. The zero-order valence-electron chi connectivity index (χ0n) is 8.40. The highest BCUT2D eigenvalue weighted by molar-refractivity contribution is 6.35. The van der Waals surface area contributed by atoms with E-state index in [1.807, 2.05) is 0 Å². The number of rotatable bonds is 7. The normalized spacial score (nSPS) is 10.5. The molecule has 11 heavy (non-hydrogen) atoms. The van der Waals surface area contributed by atoms with Crippen LogP contribution in [0.3, 0.4) is 0 Å². The van der Waals surface area contributed by atoms with Crippen LogP contribution in [-0.4, -0.2) is 7.28 Å². The second-order valence-electron chi connectivity index (χ2n) is 3.76. The first-order valence-electron chi connectivity index (χ1n) is 5.09. The zero-order valence-corrected chi connectivity index (χ0v) is 8.40. The molecule has 0 N–H and O–H groups in total. The summed E-state index contributed by atoms with van der Waals surface area (Å²) in [5.41, 5.74) is 0. The molecule has 1 radical (unpaired) electrons. The van der Waals surface area contributed by atoms with E-state index in [1.165, 1.54) is 38.3 Å². The molecule has 0 heterocycles. The van der Waals surface area contributed by atoms with E-state index in [4.69, 9.17) is 0 Å². The van der Waals surface area contributed by atoms with Gasteiger partial charge in [-0.3, -0.25) is 0 Å². The van der Waals surface area contributed by atoms with E-state index in [-0.39, 0.29) is 0 Å². The summed E-state index contributed by atoms with van der Waals surface area (Å²) in [5.74, 6) is 0.873. The Morgan fingerprint density at radius 3 is 2.36 bits per heavy atom. The van der Waals surface area contributed by atoms with Gasteiger partial charge >= 0.3 is 0 Å². The van der Waals surface area contributed by atoms with Crippen LogP contribution in [0.15, 0.2) is 0 Å². The molecule has 0 spiro atoms. The van der Waals surface area contributed by atoms with Gasteiger partial charge in [0.2, 0.25) is 0 Å². The van der Waals surface area contributed by atoms with Gasteiger partial charge in [0.15, 0.2) is 0 Å². The highest BCUT2D eigenvalue weighted by atomic mass is 13.9. The summed E-state index contributed by atoms with van der Waals surface area (Å²) < 4.78 is 0. The quantitative estimate of drug-likeness (QED) is 0.385. The third-order valence-corrected chi connectivity index (χ3v) is 1.96. The topological polar surface area (TPSA) is 0 Å². The summed E-state index contributed by atoms with van der Waals surface area (Å²) in [6, 6.07) is 0. The fourth-order valence-corrected chi connectivity index (χ4v) is 1.13. The molecule has 0 aliphatic carbocycles. The minimum atomic E-state index is 0.873. The maximum atomic E-state index is 2.45. The van der Waals surface area contributed by atoms with Crippen LogP contribution in [0, 0.1) is 5.92 Å². The first-order valence-corrected chi connectivity index (χ1v) is 5.09. The van der Waals surface area contributed by atoms with E-state index >= 15 is 0 Å². The van der Waals surface area contributed by atoms with Gasteiger partial charge in [-0.1, -0.05) is 59.1 Å². The van der Waals surface area contributed by atoms with Gasteiger partial charge in [-0.05, 0) is 5.92 Å². The molecule has 0 aromatic carbocycles. The van der Waals surface area contributed by atoms with Crippen LogP contribution in [0.5, 0.6) is 0 Å². The van der Waals surface area contributed by atoms with Crippen LogP contribution >= 0.6 is 0 Å². The Morgan fingerprint density at radius 2 is 1.82 bits per heavy atom. The van der Waals surface area contributed by atoms with Crippen LogP contribution in [0.1, 0.15) is 46.5 Å².